The smallest absolute Gasteiger partial charge is 0.228 e. The standard InChI is InChI=1S/C16H19N3OS.2ClH/c17-13-6-7-19(10-13)16(20)9-14-11-21-15(18-14)8-12-4-2-1-3-5-12;;/h1-5,11,13H,6-10,17H2;2*1H/t13-;;/m1../s1. The molecule has 0 unspecified atom stereocenters. The third-order valence-corrected chi connectivity index (χ3v) is 4.60. The highest BCUT2D eigenvalue weighted by Crippen LogP contribution is 2.16. The zero-order chi connectivity index (χ0) is 14.7. The number of benzene rings is 1. The number of aromatic nitrogens is 1. The molecule has 1 fully saturated rings. The van der Waals surface area contributed by atoms with Crippen LogP contribution in [0, 0.1) is 0 Å². The number of halogens is 2. The molecule has 0 spiro atoms. The zero-order valence-electron chi connectivity index (χ0n) is 12.7. The SMILES string of the molecule is Cl.Cl.N[C@@H]1CCN(C(=O)Cc2csc(Cc3ccccc3)n2)C1. The second-order valence-corrected chi connectivity index (χ2v) is 6.40. The quantitative estimate of drug-likeness (QED) is 0.895. The first-order chi connectivity index (χ1) is 10.2. The number of carbonyl (C=O) groups excluding carboxylic acids is 1. The normalized spacial score (nSPS) is 16.6. The maximum absolute atomic E-state index is 12.2. The highest BCUT2D eigenvalue weighted by Gasteiger charge is 2.23. The molecule has 0 saturated carbocycles. The van der Waals surface area contributed by atoms with Crippen LogP contribution in [-0.2, 0) is 17.6 Å². The molecule has 2 heterocycles. The lowest BCUT2D eigenvalue weighted by Gasteiger charge is -2.14. The average Bonchev–Trinajstić information content (AvgIpc) is 3.09. The zero-order valence-corrected chi connectivity index (χ0v) is 15.1. The van der Waals surface area contributed by atoms with Gasteiger partial charge in [0, 0.05) is 30.9 Å². The molecule has 0 bridgehead atoms. The molecular weight excluding hydrogens is 353 g/mol. The molecule has 0 aliphatic carbocycles. The number of thiazole rings is 1. The number of hydrogen-bond donors (Lipinski definition) is 1. The van der Waals surface area contributed by atoms with Gasteiger partial charge in [-0.25, -0.2) is 4.98 Å². The second kappa shape index (κ2) is 9.23. The van der Waals surface area contributed by atoms with Crippen LogP contribution >= 0.6 is 36.2 Å². The van der Waals surface area contributed by atoms with Crippen LogP contribution in [-0.4, -0.2) is 34.9 Å². The van der Waals surface area contributed by atoms with E-state index in [-0.39, 0.29) is 36.8 Å². The molecule has 2 aromatic rings. The molecule has 1 aromatic carbocycles. The van der Waals surface area contributed by atoms with Gasteiger partial charge in [0.25, 0.3) is 0 Å². The van der Waals surface area contributed by atoms with Crippen LogP contribution in [0.2, 0.25) is 0 Å². The fourth-order valence-electron chi connectivity index (χ4n) is 2.56. The molecule has 7 heteroatoms. The molecule has 4 nitrogen and oxygen atoms in total. The van der Waals surface area contributed by atoms with Gasteiger partial charge in [-0.1, -0.05) is 30.3 Å². The first-order valence-corrected chi connectivity index (χ1v) is 8.09. The summed E-state index contributed by atoms with van der Waals surface area (Å²) in [5.41, 5.74) is 7.96. The predicted octanol–water partition coefficient (Wildman–Crippen LogP) is 2.68. The van der Waals surface area contributed by atoms with E-state index in [1.165, 1.54) is 5.56 Å². The number of likely N-dealkylation sites (tertiary alicyclic amines) is 1. The van der Waals surface area contributed by atoms with E-state index in [1.807, 2.05) is 28.5 Å². The molecule has 1 saturated heterocycles. The van der Waals surface area contributed by atoms with Crippen molar-refractivity contribution in [2.45, 2.75) is 25.3 Å². The molecule has 126 valence electrons. The van der Waals surface area contributed by atoms with Crippen molar-refractivity contribution < 1.29 is 4.79 Å². The van der Waals surface area contributed by atoms with Crippen molar-refractivity contribution in [3.8, 4) is 0 Å². The minimum Gasteiger partial charge on any atom is -0.341 e. The van der Waals surface area contributed by atoms with Crippen molar-refractivity contribution in [3.63, 3.8) is 0 Å². The van der Waals surface area contributed by atoms with Crippen molar-refractivity contribution in [3.05, 3.63) is 52.0 Å². The Kier molecular flexibility index (Phi) is 7.99. The number of amides is 1. The van der Waals surface area contributed by atoms with Crippen LogP contribution in [0.25, 0.3) is 0 Å². The van der Waals surface area contributed by atoms with Gasteiger partial charge in [-0.3, -0.25) is 4.79 Å². The molecule has 1 aliphatic heterocycles. The number of hydrogen-bond acceptors (Lipinski definition) is 4. The van der Waals surface area contributed by atoms with Crippen LogP contribution in [0.15, 0.2) is 35.7 Å². The minimum absolute atomic E-state index is 0. The van der Waals surface area contributed by atoms with Gasteiger partial charge >= 0.3 is 0 Å². The summed E-state index contributed by atoms with van der Waals surface area (Å²) in [6, 6.07) is 10.4. The first kappa shape index (κ1) is 19.9. The van der Waals surface area contributed by atoms with Gasteiger partial charge in [-0.2, -0.15) is 0 Å². The van der Waals surface area contributed by atoms with Crippen molar-refractivity contribution >= 4 is 42.1 Å². The fourth-order valence-corrected chi connectivity index (χ4v) is 3.39. The minimum atomic E-state index is 0. The maximum Gasteiger partial charge on any atom is 0.228 e. The van der Waals surface area contributed by atoms with Crippen LogP contribution in [0.3, 0.4) is 0 Å². The molecule has 23 heavy (non-hydrogen) atoms. The highest BCUT2D eigenvalue weighted by atomic mass is 35.5. The molecule has 0 radical (unpaired) electrons. The number of nitrogens with two attached hydrogens (primary N) is 1. The summed E-state index contributed by atoms with van der Waals surface area (Å²) >= 11 is 1.62. The lowest BCUT2D eigenvalue weighted by Crippen LogP contribution is -2.33. The van der Waals surface area contributed by atoms with E-state index in [9.17, 15) is 4.79 Å². The lowest BCUT2D eigenvalue weighted by atomic mass is 10.2. The van der Waals surface area contributed by atoms with Gasteiger partial charge in [0.2, 0.25) is 5.91 Å². The van der Waals surface area contributed by atoms with Crippen LogP contribution in [0.1, 0.15) is 22.7 Å². The van der Waals surface area contributed by atoms with E-state index in [4.69, 9.17) is 5.73 Å². The molecule has 1 aromatic heterocycles. The van der Waals surface area contributed by atoms with E-state index < -0.39 is 0 Å². The largest absolute Gasteiger partial charge is 0.341 e. The van der Waals surface area contributed by atoms with E-state index in [2.05, 4.69) is 17.1 Å². The summed E-state index contributed by atoms with van der Waals surface area (Å²) in [7, 11) is 0. The summed E-state index contributed by atoms with van der Waals surface area (Å²) in [5.74, 6) is 0.138. The Bertz CT molecular complexity index is 621. The van der Waals surface area contributed by atoms with Gasteiger partial charge in [-0.15, -0.1) is 36.2 Å². The fraction of sp³-hybridized carbons (Fsp3) is 0.375. The average molecular weight is 374 g/mol. The summed E-state index contributed by atoms with van der Waals surface area (Å²) < 4.78 is 0. The summed E-state index contributed by atoms with van der Waals surface area (Å²) in [6.07, 6.45) is 2.12. The third kappa shape index (κ3) is 5.46. The van der Waals surface area contributed by atoms with Crippen LogP contribution < -0.4 is 5.73 Å². The van der Waals surface area contributed by atoms with Crippen molar-refractivity contribution in [2.24, 2.45) is 5.73 Å². The van der Waals surface area contributed by atoms with Crippen LogP contribution in [0.4, 0.5) is 0 Å². The lowest BCUT2D eigenvalue weighted by molar-refractivity contribution is -0.129. The topological polar surface area (TPSA) is 59.2 Å². The van der Waals surface area contributed by atoms with Gasteiger partial charge in [0.15, 0.2) is 0 Å². The number of carbonyl (C=O) groups is 1. The number of rotatable bonds is 4. The molecule has 1 amide bonds. The maximum atomic E-state index is 12.2. The van der Waals surface area contributed by atoms with E-state index >= 15 is 0 Å². The van der Waals surface area contributed by atoms with Crippen LogP contribution in [0.5, 0.6) is 0 Å². The van der Waals surface area contributed by atoms with Gasteiger partial charge < -0.3 is 10.6 Å². The third-order valence-electron chi connectivity index (χ3n) is 3.71. The molecule has 1 aliphatic rings. The second-order valence-electron chi connectivity index (χ2n) is 5.46. The Balaban J connectivity index is 0.00000132. The molecule has 2 N–H and O–H groups in total. The predicted molar refractivity (Wildman–Crippen MR) is 98.7 cm³/mol. The molecule has 3 rings (SSSR count). The van der Waals surface area contributed by atoms with Crippen molar-refractivity contribution in [2.75, 3.05) is 13.1 Å². The monoisotopic (exact) mass is 373 g/mol. The van der Waals surface area contributed by atoms with Gasteiger partial charge in [0.05, 0.1) is 17.1 Å². The summed E-state index contributed by atoms with van der Waals surface area (Å²) in [6.45, 7) is 1.46. The number of nitrogens with zero attached hydrogens (tertiary/aromatic N) is 2. The van der Waals surface area contributed by atoms with E-state index in [0.29, 0.717) is 13.0 Å². The van der Waals surface area contributed by atoms with E-state index in [1.54, 1.807) is 11.3 Å². The summed E-state index contributed by atoms with van der Waals surface area (Å²) in [4.78, 5) is 18.6. The Hall–Kier alpha value is -1.14. The van der Waals surface area contributed by atoms with E-state index in [0.717, 1.165) is 30.1 Å². The molecular formula is C16H21Cl2N3OS. The van der Waals surface area contributed by atoms with Gasteiger partial charge in [0.1, 0.15) is 0 Å². The Morgan fingerprint density at radius 2 is 2.04 bits per heavy atom. The highest BCUT2D eigenvalue weighted by molar-refractivity contribution is 7.09. The Morgan fingerprint density at radius 1 is 1.30 bits per heavy atom. The van der Waals surface area contributed by atoms with Crippen molar-refractivity contribution in [1.82, 2.24) is 9.88 Å². The first-order valence-electron chi connectivity index (χ1n) is 7.21. The van der Waals surface area contributed by atoms with Crippen molar-refractivity contribution in [1.29, 1.82) is 0 Å². The summed E-state index contributed by atoms with van der Waals surface area (Å²) in [5, 5.41) is 3.05. The Morgan fingerprint density at radius 3 is 2.70 bits per heavy atom. The Labute approximate surface area is 152 Å². The van der Waals surface area contributed by atoms with Gasteiger partial charge in [-0.05, 0) is 12.0 Å². The molecule has 1 atom stereocenters.